The predicted molar refractivity (Wildman–Crippen MR) is 44.8 cm³/mol. The summed E-state index contributed by atoms with van der Waals surface area (Å²) in [6.45, 7) is 1.17. The third kappa shape index (κ3) is 4.49. The number of hydrogen-bond acceptors (Lipinski definition) is 4. The van der Waals surface area contributed by atoms with Gasteiger partial charge in [-0.3, -0.25) is 4.79 Å². The second-order valence-corrected chi connectivity index (χ2v) is 2.80. The second kappa shape index (κ2) is 5.55. The van der Waals surface area contributed by atoms with Crippen molar-refractivity contribution in [1.82, 2.24) is 5.32 Å². The van der Waals surface area contributed by atoms with Crippen LogP contribution in [-0.4, -0.2) is 30.8 Å². The molecular weight excluding hydrogens is 174 g/mol. The van der Waals surface area contributed by atoms with Crippen LogP contribution in [-0.2, 0) is 14.6 Å². The van der Waals surface area contributed by atoms with Gasteiger partial charge < -0.3 is 15.3 Å². The highest BCUT2D eigenvalue weighted by atomic mass is 17.2. The lowest BCUT2D eigenvalue weighted by Gasteiger charge is -2.00. The smallest absolute Gasteiger partial charge is 0.290 e. The minimum Gasteiger partial charge on any atom is -0.483 e. The fourth-order valence-corrected chi connectivity index (χ4v) is 0.905. The van der Waals surface area contributed by atoms with Gasteiger partial charge >= 0.3 is 0 Å². The number of nitrogens with one attached hydrogen (secondary N) is 1. The average molecular weight is 187 g/mol. The van der Waals surface area contributed by atoms with Crippen LogP contribution in [0.5, 0.6) is 0 Å². The van der Waals surface area contributed by atoms with E-state index in [-0.39, 0.29) is 6.47 Å². The third-order valence-electron chi connectivity index (χ3n) is 1.69. The summed E-state index contributed by atoms with van der Waals surface area (Å²) in [4.78, 5) is 17.9. The summed E-state index contributed by atoms with van der Waals surface area (Å²) < 4.78 is 0. The minimum absolute atomic E-state index is 0.250. The van der Waals surface area contributed by atoms with Crippen molar-refractivity contribution in [2.75, 3.05) is 13.2 Å². The molecule has 2 rings (SSSR count). The molecule has 0 bridgehead atoms. The highest BCUT2D eigenvalue weighted by Crippen LogP contribution is 2.19. The van der Waals surface area contributed by atoms with Gasteiger partial charge in [-0.2, -0.15) is 4.89 Å². The first-order valence-corrected chi connectivity index (χ1v) is 4.16. The van der Waals surface area contributed by atoms with Crippen LogP contribution >= 0.6 is 0 Å². The fourth-order valence-electron chi connectivity index (χ4n) is 0.905. The SMILES string of the molecule is C1=C(CNC2CC2)OOC1.O=CO. The monoisotopic (exact) mass is 187 g/mol. The van der Waals surface area contributed by atoms with Crippen LogP contribution < -0.4 is 5.32 Å². The predicted octanol–water partition coefficient (Wildman–Crippen LogP) is 0.285. The minimum atomic E-state index is -0.250. The molecule has 0 atom stereocenters. The summed E-state index contributed by atoms with van der Waals surface area (Å²) >= 11 is 0. The van der Waals surface area contributed by atoms with Gasteiger partial charge in [-0.15, -0.1) is 0 Å². The van der Waals surface area contributed by atoms with Crippen molar-refractivity contribution in [3.05, 3.63) is 11.8 Å². The molecule has 2 N–H and O–H groups in total. The van der Waals surface area contributed by atoms with Crippen molar-refractivity contribution < 1.29 is 19.7 Å². The Morgan fingerprint density at radius 3 is 2.85 bits per heavy atom. The van der Waals surface area contributed by atoms with E-state index in [0.717, 1.165) is 18.3 Å². The summed E-state index contributed by atoms with van der Waals surface area (Å²) in [7, 11) is 0. The van der Waals surface area contributed by atoms with Crippen LogP contribution in [0.2, 0.25) is 0 Å². The zero-order valence-corrected chi connectivity index (χ0v) is 7.23. The average Bonchev–Trinajstić information content (AvgIpc) is 2.80. The van der Waals surface area contributed by atoms with E-state index in [4.69, 9.17) is 14.8 Å². The topological polar surface area (TPSA) is 67.8 Å². The molecular formula is C8H13NO4. The quantitative estimate of drug-likeness (QED) is 0.491. The highest BCUT2D eigenvalue weighted by molar-refractivity contribution is 5.32. The van der Waals surface area contributed by atoms with Gasteiger partial charge in [0.15, 0.2) is 5.76 Å². The molecule has 1 aliphatic carbocycles. The standard InChI is InChI=1S/C7H11NO2.CH2O2/c1-2-6(1)8-5-7-3-4-9-10-7;2-1-3/h3,6,8H,1-2,4-5H2;1H,(H,2,3). The molecule has 1 fully saturated rings. The van der Waals surface area contributed by atoms with Crippen LogP contribution in [0.1, 0.15) is 12.8 Å². The van der Waals surface area contributed by atoms with Crippen molar-refractivity contribution >= 4 is 6.47 Å². The zero-order chi connectivity index (χ0) is 9.52. The van der Waals surface area contributed by atoms with Gasteiger partial charge in [0.2, 0.25) is 0 Å². The van der Waals surface area contributed by atoms with Crippen molar-refractivity contribution in [1.29, 1.82) is 0 Å². The largest absolute Gasteiger partial charge is 0.483 e. The zero-order valence-electron chi connectivity index (χ0n) is 7.23. The van der Waals surface area contributed by atoms with Crippen LogP contribution in [0.15, 0.2) is 11.8 Å². The molecule has 5 nitrogen and oxygen atoms in total. The first-order valence-electron chi connectivity index (χ1n) is 4.16. The molecule has 74 valence electrons. The van der Waals surface area contributed by atoms with Gasteiger partial charge in [0, 0.05) is 6.04 Å². The molecule has 0 amide bonds. The van der Waals surface area contributed by atoms with E-state index in [9.17, 15) is 0 Å². The number of carboxylic acid groups (broad SMARTS) is 1. The summed E-state index contributed by atoms with van der Waals surface area (Å²) in [6.07, 6.45) is 4.58. The lowest BCUT2D eigenvalue weighted by molar-refractivity contribution is -0.234. The molecule has 0 aromatic carbocycles. The molecule has 1 aliphatic heterocycles. The van der Waals surface area contributed by atoms with Crippen molar-refractivity contribution in [2.24, 2.45) is 0 Å². The lowest BCUT2D eigenvalue weighted by atomic mass is 10.4. The number of rotatable bonds is 3. The maximum atomic E-state index is 8.36. The number of hydrogen-bond donors (Lipinski definition) is 2. The van der Waals surface area contributed by atoms with E-state index in [1.54, 1.807) is 0 Å². The molecule has 0 radical (unpaired) electrons. The molecule has 1 saturated carbocycles. The molecule has 2 aliphatic rings. The normalized spacial score (nSPS) is 19.5. The Balaban J connectivity index is 0.000000251. The van der Waals surface area contributed by atoms with Gasteiger partial charge in [-0.1, -0.05) is 0 Å². The maximum Gasteiger partial charge on any atom is 0.290 e. The molecule has 0 aromatic rings. The van der Waals surface area contributed by atoms with E-state index in [2.05, 4.69) is 10.2 Å². The molecule has 0 aromatic heterocycles. The van der Waals surface area contributed by atoms with Crippen LogP contribution in [0.3, 0.4) is 0 Å². The Hall–Kier alpha value is -1.07. The third-order valence-corrected chi connectivity index (χ3v) is 1.69. The molecule has 5 heteroatoms. The molecule has 0 saturated heterocycles. The van der Waals surface area contributed by atoms with E-state index < -0.39 is 0 Å². The summed E-state index contributed by atoms with van der Waals surface area (Å²) in [6, 6.07) is 0.741. The Bertz CT molecular complexity index is 189. The summed E-state index contributed by atoms with van der Waals surface area (Å²) in [5, 5.41) is 10.2. The molecule has 13 heavy (non-hydrogen) atoms. The van der Waals surface area contributed by atoms with Crippen LogP contribution in [0.4, 0.5) is 0 Å². The lowest BCUT2D eigenvalue weighted by Crippen LogP contribution is -2.19. The molecule has 1 heterocycles. The van der Waals surface area contributed by atoms with E-state index in [0.29, 0.717) is 6.61 Å². The van der Waals surface area contributed by atoms with Gasteiger partial charge in [-0.05, 0) is 18.9 Å². The molecule has 0 unspecified atom stereocenters. The van der Waals surface area contributed by atoms with Crippen LogP contribution in [0.25, 0.3) is 0 Å². The summed E-state index contributed by atoms with van der Waals surface area (Å²) in [5.41, 5.74) is 0. The fraction of sp³-hybridized carbons (Fsp3) is 0.625. The van der Waals surface area contributed by atoms with E-state index in [1.165, 1.54) is 12.8 Å². The van der Waals surface area contributed by atoms with Crippen LogP contribution in [0, 0.1) is 0 Å². The Morgan fingerprint density at radius 1 is 1.69 bits per heavy atom. The van der Waals surface area contributed by atoms with E-state index >= 15 is 0 Å². The maximum absolute atomic E-state index is 8.36. The molecule has 0 spiro atoms. The second-order valence-electron chi connectivity index (χ2n) is 2.80. The van der Waals surface area contributed by atoms with Crippen molar-refractivity contribution in [2.45, 2.75) is 18.9 Å². The summed E-state index contributed by atoms with van der Waals surface area (Å²) in [5.74, 6) is 0.923. The van der Waals surface area contributed by atoms with Gasteiger partial charge in [-0.25, -0.2) is 0 Å². The van der Waals surface area contributed by atoms with Crippen molar-refractivity contribution in [3.63, 3.8) is 0 Å². The first kappa shape index (κ1) is 10.0. The first-order chi connectivity index (χ1) is 6.36. The number of carbonyl (C=O) groups is 1. The Morgan fingerprint density at radius 2 is 2.38 bits per heavy atom. The van der Waals surface area contributed by atoms with E-state index in [1.807, 2.05) is 6.08 Å². The highest BCUT2D eigenvalue weighted by Gasteiger charge is 2.21. The van der Waals surface area contributed by atoms with Gasteiger partial charge in [0.1, 0.15) is 6.61 Å². The Kier molecular flexibility index (Phi) is 4.28. The Labute approximate surface area is 76.3 Å². The van der Waals surface area contributed by atoms with Gasteiger partial charge in [0.05, 0.1) is 6.54 Å². The van der Waals surface area contributed by atoms with Gasteiger partial charge in [0.25, 0.3) is 6.47 Å². The van der Waals surface area contributed by atoms with Crippen molar-refractivity contribution in [3.8, 4) is 0 Å².